The lowest BCUT2D eigenvalue weighted by atomic mass is 10.0. The third kappa shape index (κ3) is 4.64. The second kappa shape index (κ2) is 8.51. The summed E-state index contributed by atoms with van der Waals surface area (Å²) < 4.78 is 0. The molecule has 8 nitrogen and oxygen atoms in total. The van der Waals surface area contributed by atoms with Gasteiger partial charge in [-0.25, -0.2) is 14.6 Å². The summed E-state index contributed by atoms with van der Waals surface area (Å²) in [5, 5.41) is 14.8. The van der Waals surface area contributed by atoms with Crippen LogP contribution in [0.15, 0.2) is 42.5 Å². The summed E-state index contributed by atoms with van der Waals surface area (Å²) in [6.45, 7) is 2.56. The lowest BCUT2D eigenvalue weighted by Crippen LogP contribution is -2.47. The summed E-state index contributed by atoms with van der Waals surface area (Å²) in [4.78, 5) is 41.6. The maximum absolute atomic E-state index is 12.6. The van der Waals surface area contributed by atoms with E-state index in [1.54, 1.807) is 11.8 Å². The van der Waals surface area contributed by atoms with Gasteiger partial charge in [-0.3, -0.25) is 4.79 Å². The van der Waals surface area contributed by atoms with E-state index in [9.17, 15) is 14.4 Å². The molecular formula is C20H22N4O4. The number of para-hydroxylation sites is 1. The zero-order valence-electron chi connectivity index (χ0n) is 15.5. The molecule has 28 heavy (non-hydrogen) atoms. The fourth-order valence-corrected chi connectivity index (χ4v) is 3.17. The number of carboxylic acid groups (broad SMARTS) is 1. The largest absolute Gasteiger partial charge is 0.478 e. The van der Waals surface area contributed by atoms with Crippen LogP contribution < -0.4 is 10.6 Å². The third-order valence-electron chi connectivity index (χ3n) is 4.68. The normalized spacial score (nSPS) is 14.4. The summed E-state index contributed by atoms with van der Waals surface area (Å²) in [5.41, 5.74) is 1.35. The monoisotopic (exact) mass is 382 g/mol. The van der Waals surface area contributed by atoms with Crippen LogP contribution in [0.5, 0.6) is 0 Å². The number of hydrogen-bond acceptors (Lipinski definition) is 4. The van der Waals surface area contributed by atoms with Crippen molar-refractivity contribution >= 4 is 23.6 Å². The van der Waals surface area contributed by atoms with Crippen LogP contribution in [0.25, 0.3) is 0 Å². The number of anilines is 1. The standard InChI is InChI=1S/C20H22N4O4/c1-13-16(19(26)27)7-8-17(21-13)18(25)24-11-9-15(10-12-24)23-20(28)22-14-5-3-2-4-6-14/h2-8,15H,9-12H2,1H3,(H,26,27)(H2,22,23,28). The molecule has 3 amide bonds. The van der Waals surface area contributed by atoms with Gasteiger partial charge in [0, 0.05) is 24.8 Å². The summed E-state index contributed by atoms with van der Waals surface area (Å²) in [6, 6.07) is 11.8. The highest BCUT2D eigenvalue weighted by Crippen LogP contribution is 2.15. The predicted octanol–water partition coefficient (Wildman–Crippen LogP) is 2.51. The van der Waals surface area contributed by atoms with Crippen molar-refractivity contribution in [1.82, 2.24) is 15.2 Å². The van der Waals surface area contributed by atoms with Crippen molar-refractivity contribution in [2.24, 2.45) is 0 Å². The van der Waals surface area contributed by atoms with Gasteiger partial charge in [-0.15, -0.1) is 0 Å². The lowest BCUT2D eigenvalue weighted by molar-refractivity contribution is 0.0682. The summed E-state index contributed by atoms with van der Waals surface area (Å²) in [5.74, 6) is -1.29. The Morgan fingerprint density at radius 3 is 2.36 bits per heavy atom. The number of benzene rings is 1. The minimum absolute atomic E-state index is 0.0168. The minimum Gasteiger partial charge on any atom is -0.478 e. The number of likely N-dealkylation sites (tertiary alicyclic amines) is 1. The van der Waals surface area contributed by atoms with Crippen molar-refractivity contribution in [3.05, 3.63) is 59.4 Å². The molecule has 3 rings (SSSR count). The van der Waals surface area contributed by atoms with E-state index >= 15 is 0 Å². The molecule has 1 aromatic carbocycles. The number of nitrogens with one attached hydrogen (secondary N) is 2. The Bertz CT molecular complexity index is 877. The first kappa shape index (κ1) is 19.3. The van der Waals surface area contributed by atoms with E-state index in [0.29, 0.717) is 31.6 Å². The fourth-order valence-electron chi connectivity index (χ4n) is 3.17. The Hall–Kier alpha value is -3.42. The van der Waals surface area contributed by atoms with E-state index in [2.05, 4.69) is 15.6 Å². The van der Waals surface area contributed by atoms with E-state index in [4.69, 9.17) is 5.11 Å². The first-order chi connectivity index (χ1) is 13.4. The molecule has 1 aliphatic rings. The molecule has 0 aliphatic carbocycles. The number of urea groups is 1. The van der Waals surface area contributed by atoms with E-state index in [1.165, 1.54) is 12.1 Å². The molecule has 1 aromatic heterocycles. The van der Waals surface area contributed by atoms with Gasteiger partial charge in [-0.05, 0) is 44.0 Å². The van der Waals surface area contributed by atoms with Crippen molar-refractivity contribution in [2.75, 3.05) is 18.4 Å². The average Bonchev–Trinajstić information content (AvgIpc) is 2.68. The number of amides is 3. The van der Waals surface area contributed by atoms with Crippen LogP contribution in [0.1, 0.15) is 39.4 Å². The zero-order chi connectivity index (χ0) is 20.1. The minimum atomic E-state index is -1.07. The van der Waals surface area contributed by atoms with Crippen LogP contribution in [0.3, 0.4) is 0 Å². The van der Waals surface area contributed by atoms with Crippen LogP contribution in [0, 0.1) is 6.92 Å². The molecule has 2 heterocycles. The second-order valence-electron chi connectivity index (χ2n) is 6.67. The number of aryl methyl sites for hydroxylation is 1. The van der Waals surface area contributed by atoms with Gasteiger partial charge in [0.25, 0.3) is 5.91 Å². The van der Waals surface area contributed by atoms with Crippen molar-refractivity contribution < 1.29 is 19.5 Å². The fraction of sp³-hybridized carbons (Fsp3) is 0.300. The smallest absolute Gasteiger partial charge is 0.337 e. The molecule has 0 bridgehead atoms. The highest BCUT2D eigenvalue weighted by Gasteiger charge is 2.25. The zero-order valence-corrected chi connectivity index (χ0v) is 15.5. The molecule has 1 aliphatic heterocycles. The van der Waals surface area contributed by atoms with Gasteiger partial charge in [0.1, 0.15) is 5.69 Å². The summed E-state index contributed by atoms with van der Waals surface area (Å²) in [6.07, 6.45) is 1.28. The highest BCUT2D eigenvalue weighted by molar-refractivity contribution is 5.94. The Morgan fingerprint density at radius 2 is 1.75 bits per heavy atom. The summed E-state index contributed by atoms with van der Waals surface area (Å²) >= 11 is 0. The van der Waals surface area contributed by atoms with Crippen LogP contribution in [0.4, 0.5) is 10.5 Å². The molecule has 0 unspecified atom stereocenters. The van der Waals surface area contributed by atoms with E-state index < -0.39 is 5.97 Å². The van der Waals surface area contributed by atoms with Crippen LogP contribution in [-0.2, 0) is 0 Å². The molecule has 1 fully saturated rings. The van der Waals surface area contributed by atoms with E-state index in [-0.39, 0.29) is 29.2 Å². The number of carbonyl (C=O) groups excluding carboxylic acids is 2. The Kier molecular flexibility index (Phi) is 5.88. The molecule has 8 heteroatoms. The number of carboxylic acids is 1. The third-order valence-corrected chi connectivity index (χ3v) is 4.68. The van der Waals surface area contributed by atoms with Crippen LogP contribution in [0.2, 0.25) is 0 Å². The topological polar surface area (TPSA) is 112 Å². The number of nitrogens with zero attached hydrogens (tertiary/aromatic N) is 2. The quantitative estimate of drug-likeness (QED) is 0.752. The van der Waals surface area contributed by atoms with Gasteiger partial charge in [-0.2, -0.15) is 0 Å². The molecule has 0 atom stereocenters. The first-order valence-electron chi connectivity index (χ1n) is 9.07. The van der Waals surface area contributed by atoms with Gasteiger partial charge < -0.3 is 20.6 Å². The molecular weight excluding hydrogens is 360 g/mol. The van der Waals surface area contributed by atoms with Crippen molar-refractivity contribution in [1.29, 1.82) is 0 Å². The SMILES string of the molecule is Cc1nc(C(=O)N2CCC(NC(=O)Nc3ccccc3)CC2)ccc1C(=O)O. The predicted molar refractivity (Wildman–Crippen MR) is 103 cm³/mol. The molecule has 146 valence electrons. The number of rotatable bonds is 4. The number of hydrogen-bond donors (Lipinski definition) is 3. The Labute approximate surface area is 162 Å². The van der Waals surface area contributed by atoms with Gasteiger partial charge in [0.2, 0.25) is 0 Å². The average molecular weight is 382 g/mol. The van der Waals surface area contributed by atoms with Gasteiger partial charge in [0.05, 0.1) is 11.3 Å². The highest BCUT2D eigenvalue weighted by atomic mass is 16.4. The molecule has 1 saturated heterocycles. The number of carbonyl (C=O) groups is 3. The number of aromatic nitrogens is 1. The second-order valence-corrected chi connectivity index (χ2v) is 6.67. The molecule has 0 radical (unpaired) electrons. The summed E-state index contributed by atoms with van der Waals surface area (Å²) in [7, 11) is 0. The molecule has 0 spiro atoms. The van der Waals surface area contributed by atoms with Crippen molar-refractivity contribution in [3.8, 4) is 0 Å². The van der Waals surface area contributed by atoms with Crippen LogP contribution in [-0.4, -0.2) is 52.0 Å². The number of piperidine rings is 1. The van der Waals surface area contributed by atoms with Crippen molar-refractivity contribution in [3.63, 3.8) is 0 Å². The first-order valence-corrected chi connectivity index (χ1v) is 9.07. The Balaban J connectivity index is 1.52. The van der Waals surface area contributed by atoms with Gasteiger partial charge >= 0.3 is 12.0 Å². The number of aromatic carboxylic acids is 1. The van der Waals surface area contributed by atoms with Crippen molar-refractivity contribution in [2.45, 2.75) is 25.8 Å². The number of pyridine rings is 1. The molecule has 2 aromatic rings. The molecule has 3 N–H and O–H groups in total. The Morgan fingerprint density at radius 1 is 1.07 bits per heavy atom. The van der Waals surface area contributed by atoms with E-state index in [1.807, 2.05) is 30.3 Å². The van der Waals surface area contributed by atoms with E-state index in [0.717, 1.165) is 5.69 Å². The lowest BCUT2D eigenvalue weighted by Gasteiger charge is -2.32. The molecule has 0 saturated carbocycles. The van der Waals surface area contributed by atoms with Crippen LogP contribution >= 0.6 is 0 Å². The van der Waals surface area contributed by atoms with Gasteiger partial charge in [-0.1, -0.05) is 18.2 Å². The maximum atomic E-state index is 12.6. The van der Waals surface area contributed by atoms with Gasteiger partial charge in [0.15, 0.2) is 0 Å². The maximum Gasteiger partial charge on any atom is 0.337 e.